The molecule has 0 aliphatic carbocycles. The lowest BCUT2D eigenvalue weighted by molar-refractivity contribution is 0.425. The second-order valence-corrected chi connectivity index (χ2v) is 5.53. The average molecular weight is 346 g/mol. The molecule has 0 radical (unpaired) electrons. The molecule has 2 heterocycles. The van der Waals surface area contributed by atoms with E-state index in [0.717, 1.165) is 21.2 Å². The van der Waals surface area contributed by atoms with Gasteiger partial charge in [-0.3, -0.25) is 4.98 Å². The van der Waals surface area contributed by atoms with Gasteiger partial charge in [0.15, 0.2) is 0 Å². The molecule has 0 unspecified atom stereocenters. The molecule has 106 valence electrons. The zero-order valence-corrected chi connectivity index (χ0v) is 13.0. The fraction of sp³-hybridized carbons (Fsp3) is 0.133. The van der Waals surface area contributed by atoms with Crippen molar-refractivity contribution in [2.45, 2.75) is 13.8 Å². The third kappa shape index (κ3) is 2.54. The van der Waals surface area contributed by atoms with Crippen LogP contribution in [0.1, 0.15) is 11.1 Å². The Morgan fingerprint density at radius 3 is 2.57 bits per heavy atom. The molecule has 0 amide bonds. The van der Waals surface area contributed by atoms with E-state index in [0.29, 0.717) is 11.4 Å². The van der Waals surface area contributed by atoms with Gasteiger partial charge in [-0.15, -0.1) is 0 Å². The number of aromatic nitrogens is 3. The largest absolute Gasteiger partial charge is 0.505 e. The van der Waals surface area contributed by atoms with Crippen molar-refractivity contribution in [3.8, 4) is 28.6 Å². The van der Waals surface area contributed by atoms with Crippen LogP contribution in [0.3, 0.4) is 0 Å². The summed E-state index contributed by atoms with van der Waals surface area (Å²) in [6.45, 7) is 4.02. The molecule has 3 aromatic rings. The van der Waals surface area contributed by atoms with Gasteiger partial charge in [0.25, 0.3) is 5.89 Å². The van der Waals surface area contributed by atoms with Gasteiger partial charge in [-0.2, -0.15) is 4.98 Å². The van der Waals surface area contributed by atoms with Crippen LogP contribution in [-0.4, -0.2) is 20.2 Å². The van der Waals surface area contributed by atoms with Gasteiger partial charge in [0.1, 0.15) is 5.75 Å². The monoisotopic (exact) mass is 345 g/mol. The lowest BCUT2D eigenvalue weighted by atomic mass is 10.1. The van der Waals surface area contributed by atoms with Gasteiger partial charge in [-0.1, -0.05) is 21.1 Å². The minimum atomic E-state index is 0.0101. The number of nitrogens with zero attached hydrogens (tertiary/aromatic N) is 3. The van der Waals surface area contributed by atoms with Crippen molar-refractivity contribution in [1.29, 1.82) is 0 Å². The SMILES string of the molecule is Cc1cc(-c2noc(-c3ccncc3O)n2)cc(C)c1Br. The summed E-state index contributed by atoms with van der Waals surface area (Å²) < 4.78 is 6.31. The molecule has 2 aromatic heterocycles. The zero-order chi connectivity index (χ0) is 15.0. The maximum absolute atomic E-state index is 9.77. The first-order valence-corrected chi connectivity index (χ1v) is 7.09. The molecule has 3 rings (SSSR count). The maximum atomic E-state index is 9.77. The van der Waals surface area contributed by atoms with E-state index in [4.69, 9.17) is 4.52 Å². The molecular weight excluding hydrogens is 334 g/mol. The van der Waals surface area contributed by atoms with E-state index in [2.05, 4.69) is 31.1 Å². The summed E-state index contributed by atoms with van der Waals surface area (Å²) in [6, 6.07) is 5.60. The third-order valence-electron chi connectivity index (χ3n) is 3.15. The van der Waals surface area contributed by atoms with Gasteiger partial charge in [-0.25, -0.2) is 0 Å². The summed E-state index contributed by atoms with van der Waals surface area (Å²) in [5.74, 6) is 0.763. The van der Waals surface area contributed by atoms with Crippen molar-refractivity contribution < 1.29 is 9.63 Å². The molecule has 0 bridgehead atoms. The summed E-state index contributed by atoms with van der Waals surface area (Å²) >= 11 is 3.53. The van der Waals surface area contributed by atoms with Crippen molar-refractivity contribution in [2.75, 3.05) is 0 Å². The molecule has 6 heteroatoms. The molecular formula is C15H12BrN3O2. The predicted octanol–water partition coefficient (Wildman–Crippen LogP) is 3.88. The van der Waals surface area contributed by atoms with Crippen molar-refractivity contribution in [3.63, 3.8) is 0 Å². The first kappa shape index (κ1) is 13.8. The highest BCUT2D eigenvalue weighted by Gasteiger charge is 2.15. The first-order chi connectivity index (χ1) is 10.1. The predicted molar refractivity (Wildman–Crippen MR) is 81.8 cm³/mol. The number of pyridine rings is 1. The average Bonchev–Trinajstić information content (AvgIpc) is 2.94. The van der Waals surface area contributed by atoms with Crippen LogP contribution in [0, 0.1) is 13.8 Å². The van der Waals surface area contributed by atoms with Gasteiger partial charge < -0.3 is 9.63 Å². The molecule has 1 N–H and O–H groups in total. The zero-order valence-electron chi connectivity index (χ0n) is 11.5. The molecule has 0 atom stereocenters. The van der Waals surface area contributed by atoms with Crippen LogP contribution in [0.4, 0.5) is 0 Å². The van der Waals surface area contributed by atoms with Crippen molar-refractivity contribution in [3.05, 3.63) is 46.2 Å². The van der Waals surface area contributed by atoms with Gasteiger partial charge >= 0.3 is 0 Å². The number of halogens is 1. The minimum Gasteiger partial charge on any atom is -0.505 e. The van der Waals surface area contributed by atoms with Crippen LogP contribution in [0.15, 0.2) is 39.6 Å². The Kier molecular flexibility index (Phi) is 3.47. The molecule has 0 aliphatic heterocycles. The first-order valence-electron chi connectivity index (χ1n) is 6.30. The van der Waals surface area contributed by atoms with Crippen LogP contribution < -0.4 is 0 Å². The Hall–Kier alpha value is -2.21. The molecule has 5 nitrogen and oxygen atoms in total. The van der Waals surface area contributed by atoms with Gasteiger partial charge in [0, 0.05) is 16.2 Å². The standard InChI is InChI=1S/C15H12BrN3O2/c1-8-5-10(6-9(2)13(8)16)14-18-15(21-19-14)11-3-4-17-7-12(11)20/h3-7,20H,1-2H3. The molecule has 0 spiro atoms. The lowest BCUT2D eigenvalue weighted by Gasteiger charge is -2.04. The van der Waals surface area contributed by atoms with Crippen molar-refractivity contribution in [2.24, 2.45) is 0 Å². The quantitative estimate of drug-likeness (QED) is 0.762. The highest BCUT2D eigenvalue weighted by atomic mass is 79.9. The number of hydrogen-bond acceptors (Lipinski definition) is 5. The molecule has 0 aliphatic rings. The van der Waals surface area contributed by atoms with Crippen molar-refractivity contribution in [1.82, 2.24) is 15.1 Å². The molecule has 1 aromatic carbocycles. The summed E-state index contributed by atoms with van der Waals surface area (Å²) in [7, 11) is 0. The van der Waals surface area contributed by atoms with E-state index in [1.807, 2.05) is 26.0 Å². The third-order valence-corrected chi connectivity index (χ3v) is 4.40. The fourth-order valence-electron chi connectivity index (χ4n) is 2.09. The van der Waals surface area contributed by atoms with Crippen LogP contribution in [0.5, 0.6) is 5.75 Å². The summed E-state index contributed by atoms with van der Waals surface area (Å²) in [6.07, 6.45) is 2.90. The van der Waals surface area contributed by atoms with E-state index in [1.54, 1.807) is 12.3 Å². The summed E-state index contributed by atoms with van der Waals surface area (Å²) in [5.41, 5.74) is 3.54. The topological polar surface area (TPSA) is 72.0 Å². The van der Waals surface area contributed by atoms with Gasteiger partial charge in [0.2, 0.25) is 5.82 Å². The highest BCUT2D eigenvalue weighted by Crippen LogP contribution is 2.30. The Morgan fingerprint density at radius 2 is 1.90 bits per heavy atom. The summed E-state index contributed by atoms with van der Waals surface area (Å²) in [4.78, 5) is 8.17. The number of benzene rings is 1. The number of hydrogen-bond donors (Lipinski definition) is 1. The number of rotatable bonds is 2. The number of aryl methyl sites for hydroxylation is 2. The maximum Gasteiger partial charge on any atom is 0.262 e. The number of aromatic hydroxyl groups is 1. The second kappa shape index (κ2) is 5.29. The molecule has 21 heavy (non-hydrogen) atoms. The Labute approximate surface area is 129 Å². The van der Waals surface area contributed by atoms with E-state index in [-0.39, 0.29) is 11.6 Å². The van der Waals surface area contributed by atoms with E-state index < -0.39 is 0 Å². The Bertz CT molecular complexity index is 791. The molecule has 0 saturated heterocycles. The van der Waals surface area contributed by atoms with Crippen LogP contribution in [-0.2, 0) is 0 Å². The van der Waals surface area contributed by atoms with Crippen LogP contribution in [0.25, 0.3) is 22.8 Å². The van der Waals surface area contributed by atoms with E-state index in [9.17, 15) is 5.11 Å². The normalized spacial score (nSPS) is 10.8. The van der Waals surface area contributed by atoms with Crippen LogP contribution >= 0.6 is 15.9 Å². The molecule has 0 saturated carbocycles. The fourth-order valence-corrected chi connectivity index (χ4v) is 2.32. The van der Waals surface area contributed by atoms with E-state index in [1.165, 1.54) is 6.20 Å². The smallest absolute Gasteiger partial charge is 0.262 e. The van der Waals surface area contributed by atoms with Crippen LogP contribution in [0.2, 0.25) is 0 Å². The lowest BCUT2D eigenvalue weighted by Crippen LogP contribution is -1.87. The summed E-state index contributed by atoms with van der Waals surface area (Å²) in [5, 5.41) is 13.8. The molecule has 0 fully saturated rings. The minimum absolute atomic E-state index is 0.0101. The second-order valence-electron chi connectivity index (χ2n) is 4.74. The highest BCUT2D eigenvalue weighted by molar-refractivity contribution is 9.10. The van der Waals surface area contributed by atoms with Gasteiger partial charge in [0.05, 0.1) is 11.8 Å². The Balaban J connectivity index is 2.05. The van der Waals surface area contributed by atoms with Crippen molar-refractivity contribution >= 4 is 15.9 Å². The Morgan fingerprint density at radius 1 is 1.19 bits per heavy atom. The van der Waals surface area contributed by atoms with Gasteiger partial charge in [-0.05, 0) is 43.2 Å². The van der Waals surface area contributed by atoms with E-state index >= 15 is 0 Å².